The Balaban J connectivity index is 1.38. The Morgan fingerprint density at radius 1 is 0.935 bits per heavy atom. The Kier molecular flexibility index (Phi) is 5.89. The fourth-order valence-electron chi connectivity index (χ4n) is 4.04. The van der Waals surface area contributed by atoms with E-state index < -0.39 is 18.1 Å². The number of aliphatic carboxylic acids is 1. The van der Waals surface area contributed by atoms with E-state index in [-0.39, 0.29) is 18.9 Å². The third-order valence-electron chi connectivity index (χ3n) is 5.64. The minimum Gasteiger partial charge on any atom is -0.480 e. The number of alkyl carbamates (subject to hydrolysis) is 1. The first kappa shape index (κ1) is 20.5. The molecule has 0 saturated carbocycles. The van der Waals surface area contributed by atoms with E-state index >= 15 is 0 Å². The number of hydrogen-bond acceptors (Lipinski definition) is 4. The van der Waals surface area contributed by atoms with E-state index in [1.807, 2.05) is 48.5 Å². The quantitative estimate of drug-likeness (QED) is 0.501. The topological polar surface area (TPSA) is 102 Å². The molecule has 1 amide bonds. The lowest BCUT2D eigenvalue weighted by Crippen LogP contribution is -2.41. The van der Waals surface area contributed by atoms with Crippen LogP contribution in [-0.4, -0.2) is 29.8 Å². The van der Waals surface area contributed by atoms with Gasteiger partial charge in [-0.15, -0.1) is 0 Å². The molecule has 0 heterocycles. The van der Waals surface area contributed by atoms with Gasteiger partial charge >= 0.3 is 12.1 Å². The van der Waals surface area contributed by atoms with Gasteiger partial charge in [0.1, 0.15) is 12.6 Å². The molecule has 4 N–H and O–H groups in total. The zero-order valence-electron chi connectivity index (χ0n) is 17.0. The van der Waals surface area contributed by atoms with Crippen LogP contribution in [0.5, 0.6) is 0 Å². The highest BCUT2D eigenvalue weighted by molar-refractivity contribution is 5.81. The molecule has 158 valence electrons. The van der Waals surface area contributed by atoms with Crippen molar-refractivity contribution in [3.8, 4) is 11.1 Å². The summed E-state index contributed by atoms with van der Waals surface area (Å²) in [5.74, 6) is -1.17. The van der Waals surface area contributed by atoms with Crippen LogP contribution >= 0.6 is 0 Å². The van der Waals surface area contributed by atoms with Gasteiger partial charge in [0.2, 0.25) is 0 Å². The molecule has 0 saturated heterocycles. The number of rotatable bonds is 7. The van der Waals surface area contributed by atoms with Crippen molar-refractivity contribution in [2.75, 3.05) is 12.3 Å². The SMILES string of the molecule is Nc1ccc(CC[C@H](NC(=O)OCC2c3ccccc3-c3ccccc32)C(=O)O)cc1. The maximum Gasteiger partial charge on any atom is 0.407 e. The van der Waals surface area contributed by atoms with Gasteiger partial charge < -0.3 is 20.9 Å². The van der Waals surface area contributed by atoms with Gasteiger partial charge in [-0.3, -0.25) is 0 Å². The minimum absolute atomic E-state index is 0.0730. The summed E-state index contributed by atoms with van der Waals surface area (Å²) in [6, 6.07) is 22.3. The van der Waals surface area contributed by atoms with Crippen LogP contribution < -0.4 is 11.1 Å². The summed E-state index contributed by atoms with van der Waals surface area (Å²) in [6.07, 6.45) is 0.0243. The average Bonchev–Trinajstić information content (AvgIpc) is 3.10. The van der Waals surface area contributed by atoms with Gasteiger partial charge in [-0.1, -0.05) is 60.7 Å². The molecule has 31 heavy (non-hydrogen) atoms. The molecule has 1 atom stereocenters. The van der Waals surface area contributed by atoms with Crippen molar-refractivity contribution in [2.24, 2.45) is 0 Å². The molecular weight excluding hydrogens is 392 g/mol. The van der Waals surface area contributed by atoms with Crippen LogP contribution in [0.25, 0.3) is 11.1 Å². The summed E-state index contributed by atoms with van der Waals surface area (Å²) < 4.78 is 5.46. The summed E-state index contributed by atoms with van der Waals surface area (Å²) in [5.41, 5.74) is 11.8. The normalized spacial score (nSPS) is 13.2. The smallest absolute Gasteiger partial charge is 0.407 e. The van der Waals surface area contributed by atoms with Crippen LogP contribution in [0.3, 0.4) is 0 Å². The largest absolute Gasteiger partial charge is 0.480 e. The Labute approximate surface area is 180 Å². The highest BCUT2D eigenvalue weighted by atomic mass is 16.5. The third-order valence-corrected chi connectivity index (χ3v) is 5.64. The van der Waals surface area contributed by atoms with Crippen molar-refractivity contribution in [1.29, 1.82) is 0 Å². The number of aryl methyl sites for hydroxylation is 1. The van der Waals surface area contributed by atoms with Gasteiger partial charge in [-0.05, 0) is 52.8 Å². The number of benzene rings is 3. The molecule has 4 rings (SSSR count). The van der Waals surface area contributed by atoms with Crippen LogP contribution in [0.1, 0.15) is 29.0 Å². The lowest BCUT2D eigenvalue weighted by atomic mass is 9.98. The Morgan fingerprint density at radius 3 is 2.10 bits per heavy atom. The van der Waals surface area contributed by atoms with E-state index in [1.54, 1.807) is 12.1 Å². The monoisotopic (exact) mass is 416 g/mol. The molecule has 1 aliphatic rings. The number of fused-ring (bicyclic) bond motifs is 3. The number of carbonyl (C=O) groups excluding carboxylic acids is 1. The Bertz CT molecular complexity index is 1050. The molecule has 6 nitrogen and oxygen atoms in total. The van der Waals surface area contributed by atoms with Gasteiger partial charge in [0.05, 0.1) is 0 Å². The molecule has 6 heteroatoms. The second-order valence-corrected chi connectivity index (χ2v) is 7.64. The number of anilines is 1. The molecule has 0 fully saturated rings. The Hall–Kier alpha value is -3.80. The zero-order chi connectivity index (χ0) is 21.8. The molecule has 3 aromatic carbocycles. The van der Waals surface area contributed by atoms with Crippen LogP contribution in [0, 0.1) is 0 Å². The number of carbonyl (C=O) groups is 2. The van der Waals surface area contributed by atoms with Gasteiger partial charge in [0, 0.05) is 11.6 Å². The van der Waals surface area contributed by atoms with Crippen molar-refractivity contribution in [3.63, 3.8) is 0 Å². The standard InChI is InChI=1S/C25H24N2O4/c26-17-12-9-16(10-13-17)11-14-23(24(28)29)27-25(30)31-15-22-20-7-3-1-5-18(20)19-6-2-4-8-21(19)22/h1-10,12-13,22-23H,11,14-15,26H2,(H,27,30)(H,28,29)/t23-/m0/s1. The number of nitrogens with one attached hydrogen (secondary N) is 1. The van der Waals surface area contributed by atoms with E-state index in [9.17, 15) is 14.7 Å². The fraction of sp³-hybridized carbons (Fsp3) is 0.200. The first-order valence-corrected chi connectivity index (χ1v) is 10.2. The van der Waals surface area contributed by atoms with E-state index in [1.165, 1.54) is 0 Å². The van der Waals surface area contributed by atoms with Crippen molar-refractivity contribution in [1.82, 2.24) is 5.32 Å². The maximum absolute atomic E-state index is 12.4. The molecule has 0 unspecified atom stereocenters. The maximum atomic E-state index is 12.4. The number of hydrogen-bond donors (Lipinski definition) is 3. The highest BCUT2D eigenvalue weighted by Gasteiger charge is 2.29. The summed E-state index contributed by atoms with van der Waals surface area (Å²) in [4.78, 5) is 24.0. The number of nitrogens with two attached hydrogens (primary N) is 1. The van der Waals surface area contributed by atoms with E-state index in [2.05, 4.69) is 17.4 Å². The van der Waals surface area contributed by atoms with Crippen LogP contribution in [0.15, 0.2) is 72.8 Å². The van der Waals surface area contributed by atoms with E-state index in [0.29, 0.717) is 12.1 Å². The molecule has 0 aliphatic heterocycles. The number of amides is 1. The Morgan fingerprint density at radius 2 is 1.52 bits per heavy atom. The fourth-order valence-corrected chi connectivity index (χ4v) is 4.04. The van der Waals surface area contributed by atoms with Crippen molar-refractivity contribution >= 4 is 17.7 Å². The van der Waals surface area contributed by atoms with E-state index in [4.69, 9.17) is 10.5 Å². The van der Waals surface area contributed by atoms with Crippen LogP contribution in [0.4, 0.5) is 10.5 Å². The molecule has 0 bridgehead atoms. The first-order chi connectivity index (χ1) is 15.0. The van der Waals surface area contributed by atoms with Crippen molar-refractivity contribution in [3.05, 3.63) is 89.5 Å². The molecular formula is C25H24N2O4. The molecule has 1 aliphatic carbocycles. The minimum atomic E-state index is -1.09. The second-order valence-electron chi connectivity index (χ2n) is 7.64. The number of carboxylic acids is 1. The summed E-state index contributed by atoms with van der Waals surface area (Å²) >= 11 is 0. The van der Waals surface area contributed by atoms with Gasteiger partial charge in [-0.2, -0.15) is 0 Å². The zero-order valence-corrected chi connectivity index (χ0v) is 17.0. The number of carboxylic acid groups (broad SMARTS) is 1. The molecule has 0 aromatic heterocycles. The predicted molar refractivity (Wildman–Crippen MR) is 119 cm³/mol. The number of nitrogen functional groups attached to an aromatic ring is 1. The molecule has 3 aromatic rings. The third kappa shape index (κ3) is 4.53. The second kappa shape index (κ2) is 8.92. The van der Waals surface area contributed by atoms with Crippen molar-refractivity contribution < 1.29 is 19.4 Å². The summed E-state index contributed by atoms with van der Waals surface area (Å²) in [5, 5.41) is 12.0. The van der Waals surface area contributed by atoms with Gasteiger partial charge in [0.15, 0.2) is 0 Å². The molecule has 0 radical (unpaired) electrons. The van der Waals surface area contributed by atoms with Gasteiger partial charge in [0.25, 0.3) is 0 Å². The summed E-state index contributed by atoms with van der Waals surface area (Å²) in [7, 11) is 0. The highest BCUT2D eigenvalue weighted by Crippen LogP contribution is 2.44. The lowest BCUT2D eigenvalue weighted by Gasteiger charge is -2.17. The van der Waals surface area contributed by atoms with Gasteiger partial charge in [-0.25, -0.2) is 9.59 Å². The molecule has 0 spiro atoms. The van der Waals surface area contributed by atoms with Crippen LogP contribution in [0.2, 0.25) is 0 Å². The first-order valence-electron chi connectivity index (χ1n) is 10.2. The lowest BCUT2D eigenvalue weighted by molar-refractivity contribution is -0.139. The average molecular weight is 416 g/mol. The van der Waals surface area contributed by atoms with E-state index in [0.717, 1.165) is 27.8 Å². The number of ether oxygens (including phenoxy) is 1. The van der Waals surface area contributed by atoms with Crippen LogP contribution in [-0.2, 0) is 16.0 Å². The van der Waals surface area contributed by atoms with Crippen molar-refractivity contribution in [2.45, 2.75) is 24.8 Å². The summed E-state index contributed by atoms with van der Waals surface area (Å²) in [6.45, 7) is 0.143. The predicted octanol–water partition coefficient (Wildman–Crippen LogP) is 4.19.